The number of nitrogens with two attached hydrogens (primary N) is 1. The van der Waals surface area contributed by atoms with E-state index in [1.807, 2.05) is 0 Å². The lowest BCUT2D eigenvalue weighted by molar-refractivity contribution is -0.203. The quantitative estimate of drug-likeness (QED) is 0.595. The molecule has 0 heterocycles. The SMILES string of the molecule is NOCC(C(=O)O)C(F)(F)F. The van der Waals surface area contributed by atoms with E-state index < -0.39 is 24.7 Å². The highest BCUT2D eigenvalue weighted by Crippen LogP contribution is 2.26. The minimum absolute atomic E-state index is 1.07. The fraction of sp³-hybridized carbons (Fsp3) is 0.750. The standard InChI is InChI=1S/C4H6F3NO3/c5-4(6,7)2(1-11-8)3(9)10/h2H,1,8H2,(H,9,10). The Kier molecular flexibility index (Phi) is 3.27. The maximum Gasteiger partial charge on any atom is 0.404 e. The molecule has 1 unspecified atom stereocenters. The van der Waals surface area contributed by atoms with Gasteiger partial charge in [-0.25, -0.2) is 5.90 Å². The van der Waals surface area contributed by atoms with Crippen LogP contribution in [-0.2, 0) is 9.63 Å². The average Bonchev–Trinajstić information content (AvgIpc) is 1.79. The van der Waals surface area contributed by atoms with Crippen LogP contribution in [0, 0.1) is 5.92 Å². The molecule has 0 aliphatic carbocycles. The van der Waals surface area contributed by atoms with Gasteiger partial charge in [0.15, 0.2) is 5.92 Å². The van der Waals surface area contributed by atoms with Crippen molar-refractivity contribution in [2.45, 2.75) is 6.18 Å². The number of carbonyl (C=O) groups is 1. The zero-order valence-electron chi connectivity index (χ0n) is 5.26. The summed E-state index contributed by atoms with van der Waals surface area (Å²) in [5, 5.41) is 7.98. The third kappa shape index (κ3) is 3.19. The van der Waals surface area contributed by atoms with Gasteiger partial charge in [0.25, 0.3) is 0 Å². The molecule has 7 heteroatoms. The fourth-order valence-corrected chi connectivity index (χ4v) is 0.402. The first-order valence-electron chi connectivity index (χ1n) is 2.50. The molecule has 0 amide bonds. The van der Waals surface area contributed by atoms with Crippen LogP contribution in [0.5, 0.6) is 0 Å². The second-order valence-electron chi connectivity index (χ2n) is 1.77. The zero-order chi connectivity index (χ0) is 9.07. The van der Waals surface area contributed by atoms with E-state index in [1.165, 1.54) is 0 Å². The molecular weight excluding hydrogens is 167 g/mol. The molecule has 0 fully saturated rings. The van der Waals surface area contributed by atoms with Crippen molar-refractivity contribution in [2.75, 3.05) is 6.61 Å². The van der Waals surface area contributed by atoms with Crippen molar-refractivity contribution in [1.29, 1.82) is 0 Å². The van der Waals surface area contributed by atoms with Crippen LogP contribution in [-0.4, -0.2) is 23.9 Å². The monoisotopic (exact) mass is 173 g/mol. The Balaban J connectivity index is 4.22. The van der Waals surface area contributed by atoms with E-state index in [2.05, 4.69) is 10.7 Å². The van der Waals surface area contributed by atoms with E-state index in [4.69, 9.17) is 5.11 Å². The number of hydrogen-bond donors (Lipinski definition) is 2. The molecule has 0 spiro atoms. The van der Waals surface area contributed by atoms with Crippen molar-refractivity contribution in [3.05, 3.63) is 0 Å². The minimum Gasteiger partial charge on any atom is -0.481 e. The van der Waals surface area contributed by atoms with Crippen LogP contribution in [0.3, 0.4) is 0 Å². The van der Waals surface area contributed by atoms with Crippen molar-refractivity contribution in [2.24, 2.45) is 11.8 Å². The Labute approximate surface area is 59.7 Å². The topological polar surface area (TPSA) is 72.5 Å². The second-order valence-corrected chi connectivity index (χ2v) is 1.77. The van der Waals surface area contributed by atoms with Gasteiger partial charge >= 0.3 is 12.1 Å². The van der Waals surface area contributed by atoms with Gasteiger partial charge in [-0.3, -0.25) is 4.79 Å². The average molecular weight is 173 g/mol. The lowest BCUT2D eigenvalue weighted by Gasteiger charge is -2.13. The molecule has 0 aromatic heterocycles. The Hall–Kier alpha value is -0.820. The fourth-order valence-electron chi connectivity index (χ4n) is 0.402. The van der Waals surface area contributed by atoms with E-state index in [0.29, 0.717) is 0 Å². The first-order valence-corrected chi connectivity index (χ1v) is 2.50. The van der Waals surface area contributed by atoms with Crippen LogP contribution in [0.4, 0.5) is 13.2 Å². The molecule has 0 rings (SSSR count). The number of alkyl halides is 3. The van der Waals surface area contributed by atoms with Gasteiger partial charge in [-0.05, 0) is 0 Å². The smallest absolute Gasteiger partial charge is 0.404 e. The minimum atomic E-state index is -4.81. The highest BCUT2D eigenvalue weighted by Gasteiger charge is 2.45. The summed E-state index contributed by atoms with van der Waals surface area (Å²) in [5.74, 6) is -0.245. The lowest BCUT2D eigenvalue weighted by atomic mass is 10.1. The first-order chi connectivity index (χ1) is 4.89. The molecule has 0 aromatic carbocycles. The molecule has 3 N–H and O–H groups in total. The summed E-state index contributed by atoms with van der Waals surface area (Å²) in [4.78, 5) is 13.5. The van der Waals surface area contributed by atoms with E-state index in [1.54, 1.807) is 0 Å². The van der Waals surface area contributed by atoms with Gasteiger partial charge in [0.05, 0.1) is 6.61 Å². The van der Waals surface area contributed by atoms with E-state index in [-0.39, 0.29) is 0 Å². The maximum atomic E-state index is 11.6. The lowest BCUT2D eigenvalue weighted by Crippen LogP contribution is -2.35. The highest BCUT2D eigenvalue weighted by molar-refractivity contribution is 5.71. The molecule has 0 radical (unpaired) electrons. The Morgan fingerprint density at radius 3 is 2.18 bits per heavy atom. The molecule has 0 aliphatic rings. The van der Waals surface area contributed by atoms with Crippen molar-refractivity contribution >= 4 is 5.97 Å². The molecule has 0 aliphatic heterocycles. The molecule has 11 heavy (non-hydrogen) atoms. The van der Waals surface area contributed by atoms with Crippen LogP contribution >= 0.6 is 0 Å². The summed E-state index contributed by atoms with van der Waals surface area (Å²) in [6, 6.07) is 0. The molecule has 0 bridgehead atoms. The molecule has 0 aromatic rings. The van der Waals surface area contributed by atoms with E-state index in [0.717, 1.165) is 0 Å². The summed E-state index contributed by atoms with van der Waals surface area (Å²) in [6.45, 7) is -1.07. The number of carboxylic acid groups (broad SMARTS) is 1. The predicted molar refractivity (Wildman–Crippen MR) is 27.3 cm³/mol. The number of rotatable bonds is 3. The van der Waals surface area contributed by atoms with Crippen LogP contribution in [0.1, 0.15) is 0 Å². The zero-order valence-corrected chi connectivity index (χ0v) is 5.26. The van der Waals surface area contributed by atoms with E-state index in [9.17, 15) is 18.0 Å². The third-order valence-corrected chi connectivity index (χ3v) is 0.956. The predicted octanol–water partition coefficient (Wildman–Crippen LogP) is 0.140. The van der Waals surface area contributed by atoms with Gasteiger partial charge in [0.2, 0.25) is 0 Å². The molecule has 0 saturated carbocycles. The van der Waals surface area contributed by atoms with Gasteiger partial charge < -0.3 is 9.94 Å². The Morgan fingerprint density at radius 1 is 1.64 bits per heavy atom. The van der Waals surface area contributed by atoms with Crippen LogP contribution in [0.15, 0.2) is 0 Å². The largest absolute Gasteiger partial charge is 0.481 e. The Bertz CT molecular complexity index is 146. The van der Waals surface area contributed by atoms with Crippen molar-refractivity contribution in [3.8, 4) is 0 Å². The van der Waals surface area contributed by atoms with Gasteiger partial charge in [0.1, 0.15) is 0 Å². The summed E-state index contributed by atoms with van der Waals surface area (Å²) < 4.78 is 34.9. The first kappa shape index (κ1) is 10.2. The van der Waals surface area contributed by atoms with Crippen molar-refractivity contribution < 1.29 is 27.9 Å². The number of aliphatic carboxylic acids is 1. The second kappa shape index (κ2) is 3.54. The van der Waals surface area contributed by atoms with Gasteiger partial charge in [-0.2, -0.15) is 13.2 Å². The molecule has 66 valence electrons. The Morgan fingerprint density at radius 2 is 2.09 bits per heavy atom. The normalized spacial score (nSPS) is 14.5. The van der Waals surface area contributed by atoms with Crippen LogP contribution in [0.25, 0.3) is 0 Å². The molecule has 4 nitrogen and oxygen atoms in total. The van der Waals surface area contributed by atoms with E-state index >= 15 is 0 Å². The number of carboxylic acids is 1. The number of halogens is 3. The third-order valence-electron chi connectivity index (χ3n) is 0.956. The van der Waals surface area contributed by atoms with Crippen LogP contribution in [0.2, 0.25) is 0 Å². The van der Waals surface area contributed by atoms with Crippen molar-refractivity contribution in [3.63, 3.8) is 0 Å². The molecular formula is C4H6F3NO3. The molecule has 1 atom stereocenters. The maximum absolute atomic E-state index is 11.6. The van der Waals surface area contributed by atoms with Crippen LogP contribution < -0.4 is 5.90 Å². The summed E-state index contributed by atoms with van der Waals surface area (Å²) in [5.41, 5.74) is 0. The van der Waals surface area contributed by atoms with Gasteiger partial charge in [-0.1, -0.05) is 0 Å². The summed E-state index contributed by atoms with van der Waals surface area (Å²) in [7, 11) is 0. The summed E-state index contributed by atoms with van der Waals surface area (Å²) in [6.07, 6.45) is -4.81. The van der Waals surface area contributed by atoms with Gasteiger partial charge in [0, 0.05) is 0 Å². The van der Waals surface area contributed by atoms with Crippen molar-refractivity contribution in [1.82, 2.24) is 0 Å². The number of hydrogen-bond acceptors (Lipinski definition) is 3. The molecule has 0 saturated heterocycles. The summed E-state index contributed by atoms with van der Waals surface area (Å²) >= 11 is 0. The van der Waals surface area contributed by atoms with Gasteiger partial charge in [-0.15, -0.1) is 0 Å². The highest BCUT2D eigenvalue weighted by atomic mass is 19.4.